The molecule has 0 aliphatic heterocycles. The van der Waals surface area contributed by atoms with Gasteiger partial charge < -0.3 is 14.5 Å². The number of nitrogens with one attached hydrogen (secondary N) is 2. The molecule has 0 saturated heterocycles. The minimum Gasteiger partial charge on any atom is -0.496 e. The Morgan fingerprint density at radius 3 is 2.72 bits per heavy atom. The Labute approximate surface area is 149 Å². The van der Waals surface area contributed by atoms with Crippen molar-refractivity contribution in [3.8, 4) is 11.5 Å². The maximum absolute atomic E-state index is 12.6. The number of amides is 1. The van der Waals surface area contributed by atoms with Gasteiger partial charge >= 0.3 is 0 Å². The molecule has 1 aromatic carbocycles. The van der Waals surface area contributed by atoms with Crippen LogP contribution in [0.4, 0.5) is 5.13 Å². The number of thiazole rings is 1. The standard InChI is InChI=1S/C18H19N3O3S/c1-23-13-7-8-14(24-2)16-10(13)9-12(19-16)17(22)21-18-20-11-5-3-4-6-15(11)25-18/h7-9,19H,3-6H2,1-2H3,(H,20,21,22). The molecule has 3 aromatic rings. The molecular weight excluding hydrogens is 338 g/mol. The number of aryl methyl sites for hydroxylation is 2. The van der Waals surface area contributed by atoms with Crippen molar-refractivity contribution in [1.82, 2.24) is 9.97 Å². The van der Waals surface area contributed by atoms with Crippen molar-refractivity contribution < 1.29 is 14.3 Å². The molecule has 2 N–H and O–H groups in total. The minimum atomic E-state index is -0.216. The number of benzene rings is 1. The molecule has 0 radical (unpaired) electrons. The highest BCUT2D eigenvalue weighted by atomic mass is 32.1. The number of aromatic nitrogens is 2. The van der Waals surface area contributed by atoms with Crippen LogP contribution in [-0.2, 0) is 12.8 Å². The highest BCUT2D eigenvalue weighted by molar-refractivity contribution is 7.15. The number of carbonyl (C=O) groups is 1. The molecule has 1 aliphatic carbocycles. The molecule has 6 nitrogen and oxygen atoms in total. The number of methoxy groups -OCH3 is 2. The Morgan fingerprint density at radius 1 is 1.20 bits per heavy atom. The second-order valence-electron chi connectivity index (χ2n) is 5.99. The van der Waals surface area contributed by atoms with E-state index in [0.29, 0.717) is 22.3 Å². The first-order chi connectivity index (χ1) is 12.2. The molecule has 4 rings (SSSR count). The van der Waals surface area contributed by atoms with Crippen molar-refractivity contribution in [3.05, 3.63) is 34.5 Å². The summed E-state index contributed by atoms with van der Waals surface area (Å²) in [7, 11) is 3.20. The van der Waals surface area contributed by atoms with E-state index in [1.165, 1.54) is 17.7 Å². The number of fused-ring (bicyclic) bond motifs is 2. The summed E-state index contributed by atoms with van der Waals surface area (Å²) in [5.74, 6) is 1.14. The molecule has 0 fully saturated rings. The lowest BCUT2D eigenvalue weighted by molar-refractivity contribution is 0.102. The van der Waals surface area contributed by atoms with E-state index < -0.39 is 0 Å². The first-order valence-corrected chi connectivity index (χ1v) is 9.05. The van der Waals surface area contributed by atoms with Crippen LogP contribution in [0.2, 0.25) is 0 Å². The van der Waals surface area contributed by atoms with Crippen molar-refractivity contribution in [1.29, 1.82) is 0 Å². The molecule has 0 atom stereocenters. The number of hydrogen-bond acceptors (Lipinski definition) is 5. The van der Waals surface area contributed by atoms with E-state index in [-0.39, 0.29) is 5.91 Å². The Balaban J connectivity index is 1.64. The SMILES string of the molecule is COc1ccc(OC)c2[nH]c(C(=O)Nc3nc4c(s3)CCCC4)cc12. The largest absolute Gasteiger partial charge is 0.496 e. The van der Waals surface area contributed by atoms with Gasteiger partial charge in [-0.05, 0) is 43.9 Å². The second-order valence-corrected chi connectivity index (χ2v) is 7.08. The maximum Gasteiger partial charge on any atom is 0.273 e. The molecule has 1 aliphatic rings. The Bertz CT molecular complexity index is 880. The number of anilines is 1. The van der Waals surface area contributed by atoms with Crippen LogP contribution in [0.15, 0.2) is 18.2 Å². The van der Waals surface area contributed by atoms with Crippen LogP contribution >= 0.6 is 11.3 Å². The molecule has 2 aromatic heterocycles. The molecule has 0 unspecified atom stereocenters. The fourth-order valence-corrected chi connectivity index (χ4v) is 4.25. The molecule has 0 saturated carbocycles. The summed E-state index contributed by atoms with van der Waals surface area (Å²) in [5.41, 5.74) is 2.32. The van der Waals surface area contributed by atoms with Gasteiger partial charge in [0, 0.05) is 10.3 Å². The third-order valence-electron chi connectivity index (χ3n) is 4.47. The number of nitrogens with zero attached hydrogens (tertiary/aromatic N) is 1. The number of ether oxygens (including phenoxy) is 2. The molecule has 0 bridgehead atoms. The maximum atomic E-state index is 12.6. The van der Waals surface area contributed by atoms with E-state index in [9.17, 15) is 4.79 Å². The van der Waals surface area contributed by atoms with Crippen LogP contribution in [0.3, 0.4) is 0 Å². The summed E-state index contributed by atoms with van der Waals surface area (Å²) in [6.07, 6.45) is 4.43. The zero-order chi connectivity index (χ0) is 17.4. The van der Waals surface area contributed by atoms with Crippen LogP contribution in [0.5, 0.6) is 11.5 Å². The quantitative estimate of drug-likeness (QED) is 0.745. The molecule has 1 amide bonds. The van der Waals surface area contributed by atoms with Crippen molar-refractivity contribution in [2.24, 2.45) is 0 Å². The number of hydrogen-bond donors (Lipinski definition) is 2. The van der Waals surface area contributed by atoms with Gasteiger partial charge in [-0.15, -0.1) is 11.3 Å². The van der Waals surface area contributed by atoms with Crippen molar-refractivity contribution in [2.45, 2.75) is 25.7 Å². The fourth-order valence-electron chi connectivity index (χ4n) is 3.21. The number of aromatic amines is 1. The molecule has 25 heavy (non-hydrogen) atoms. The first-order valence-electron chi connectivity index (χ1n) is 8.23. The monoisotopic (exact) mass is 357 g/mol. The van der Waals surface area contributed by atoms with E-state index in [2.05, 4.69) is 15.3 Å². The Hall–Kier alpha value is -2.54. The van der Waals surface area contributed by atoms with Crippen LogP contribution in [0.25, 0.3) is 10.9 Å². The van der Waals surface area contributed by atoms with Gasteiger partial charge in [-0.2, -0.15) is 0 Å². The predicted octanol–water partition coefficient (Wildman–Crippen LogP) is 3.77. The fraction of sp³-hybridized carbons (Fsp3) is 0.333. The average molecular weight is 357 g/mol. The van der Waals surface area contributed by atoms with Crippen LogP contribution in [0.1, 0.15) is 33.9 Å². The number of H-pyrrole nitrogens is 1. The lowest BCUT2D eigenvalue weighted by Gasteiger charge is -2.06. The lowest BCUT2D eigenvalue weighted by atomic mass is 10.0. The highest BCUT2D eigenvalue weighted by Crippen LogP contribution is 2.34. The predicted molar refractivity (Wildman–Crippen MR) is 98.1 cm³/mol. The zero-order valence-electron chi connectivity index (χ0n) is 14.1. The smallest absolute Gasteiger partial charge is 0.273 e. The van der Waals surface area contributed by atoms with Gasteiger partial charge in [-0.25, -0.2) is 4.98 Å². The van der Waals surface area contributed by atoms with Crippen molar-refractivity contribution >= 4 is 33.3 Å². The van der Waals surface area contributed by atoms with Crippen LogP contribution < -0.4 is 14.8 Å². The molecule has 130 valence electrons. The average Bonchev–Trinajstić information content (AvgIpc) is 3.24. The van der Waals surface area contributed by atoms with Gasteiger partial charge in [0.15, 0.2) is 5.13 Å². The Kier molecular flexibility index (Phi) is 4.09. The van der Waals surface area contributed by atoms with Crippen LogP contribution in [0, 0.1) is 0 Å². The Morgan fingerprint density at radius 2 is 1.96 bits per heavy atom. The molecular formula is C18H19N3O3S. The highest BCUT2D eigenvalue weighted by Gasteiger charge is 2.19. The number of rotatable bonds is 4. The normalized spacial score (nSPS) is 13.5. The minimum absolute atomic E-state index is 0.216. The van der Waals surface area contributed by atoms with Crippen molar-refractivity contribution in [3.63, 3.8) is 0 Å². The third kappa shape index (κ3) is 2.84. The van der Waals surface area contributed by atoms with Gasteiger partial charge in [0.25, 0.3) is 5.91 Å². The van der Waals surface area contributed by atoms with E-state index in [0.717, 1.165) is 29.4 Å². The summed E-state index contributed by atoms with van der Waals surface area (Å²) in [6.45, 7) is 0. The number of carbonyl (C=O) groups excluding carboxylic acids is 1. The van der Waals surface area contributed by atoms with Gasteiger partial charge in [0.05, 0.1) is 25.4 Å². The summed E-state index contributed by atoms with van der Waals surface area (Å²) in [5, 5.41) is 4.38. The van der Waals surface area contributed by atoms with E-state index in [4.69, 9.17) is 9.47 Å². The van der Waals surface area contributed by atoms with E-state index in [1.807, 2.05) is 12.1 Å². The second kappa shape index (κ2) is 6.40. The van der Waals surface area contributed by atoms with Crippen LogP contribution in [-0.4, -0.2) is 30.1 Å². The summed E-state index contributed by atoms with van der Waals surface area (Å²) >= 11 is 1.57. The van der Waals surface area contributed by atoms with Crippen molar-refractivity contribution in [2.75, 3.05) is 19.5 Å². The van der Waals surface area contributed by atoms with E-state index >= 15 is 0 Å². The van der Waals surface area contributed by atoms with Gasteiger partial charge in [0.1, 0.15) is 17.2 Å². The first kappa shape index (κ1) is 16.0. The van der Waals surface area contributed by atoms with Gasteiger partial charge in [0.2, 0.25) is 0 Å². The van der Waals surface area contributed by atoms with Gasteiger partial charge in [-0.3, -0.25) is 10.1 Å². The molecule has 7 heteroatoms. The topological polar surface area (TPSA) is 76.2 Å². The summed E-state index contributed by atoms with van der Waals surface area (Å²) in [4.78, 5) is 21.6. The third-order valence-corrected chi connectivity index (χ3v) is 5.54. The molecule has 0 spiro atoms. The zero-order valence-corrected chi connectivity index (χ0v) is 15.0. The summed E-state index contributed by atoms with van der Waals surface area (Å²) in [6, 6.07) is 5.42. The van der Waals surface area contributed by atoms with Gasteiger partial charge in [-0.1, -0.05) is 0 Å². The van der Waals surface area contributed by atoms with E-state index in [1.54, 1.807) is 31.6 Å². The molecule has 2 heterocycles. The summed E-state index contributed by atoms with van der Waals surface area (Å²) < 4.78 is 10.7. The lowest BCUT2D eigenvalue weighted by Crippen LogP contribution is -2.12.